The third-order valence-corrected chi connectivity index (χ3v) is 5.27. The van der Waals surface area contributed by atoms with Gasteiger partial charge in [0.1, 0.15) is 0 Å². The van der Waals surface area contributed by atoms with Crippen molar-refractivity contribution in [2.45, 2.75) is 32.6 Å². The first kappa shape index (κ1) is 17.0. The minimum Gasteiger partial charge on any atom is -0.478 e. The van der Waals surface area contributed by atoms with Gasteiger partial charge in [-0.15, -0.1) is 0 Å². The molecule has 0 fully saturated rings. The molecule has 0 bridgehead atoms. The fraction of sp³-hybridized carbons (Fsp3) is 0.235. The molecule has 2 N–H and O–H groups in total. The predicted molar refractivity (Wildman–Crippen MR) is 89.6 cm³/mol. The number of benzene rings is 2. The van der Waals surface area contributed by atoms with Crippen molar-refractivity contribution < 1.29 is 18.3 Å². The van der Waals surface area contributed by atoms with Gasteiger partial charge in [-0.25, -0.2) is 13.2 Å². The molecule has 0 saturated carbocycles. The van der Waals surface area contributed by atoms with E-state index in [1.54, 1.807) is 45.0 Å². The summed E-state index contributed by atoms with van der Waals surface area (Å²) in [5.41, 5.74) is 2.80. The molecule has 122 valence electrons. The van der Waals surface area contributed by atoms with Gasteiger partial charge in [0.25, 0.3) is 10.0 Å². The summed E-state index contributed by atoms with van der Waals surface area (Å²) in [7, 11) is -3.88. The molecule has 0 spiro atoms. The fourth-order valence-corrected chi connectivity index (χ4v) is 4.36. The van der Waals surface area contributed by atoms with E-state index in [9.17, 15) is 18.3 Å². The lowest BCUT2D eigenvalue weighted by Gasteiger charge is -2.16. The normalized spacial score (nSPS) is 11.3. The number of para-hydroxylation sites is 1. The predicted octanol–water partition coefficient (Wildman–Crippen LogP) is 3.42. The second kappa shape index (κ2) is 6.04. The second-order valence-electron chi connectivity index (χ2n) is 5.64. The van der Waals surface area contributed by atoms with E-state index in [0.29, 0.717) is 16.7 Å². The summed E-state index contributed by atoms with van der Waals surface area (Å²) in [5, 5.41) is 9.27. The highest BCUT2D eigenvalue weighted by Gasteiger charge is 2.23. The van der Waals surface area contributed by atoms with Gasteiger partial charge in [0.05, 0.1) is 16.1 Å². The zero-order valence-electron chi connectivity index (χ0n) is 13.5. The number of carbonyl (C=O) groups is 1. The molecule has 2 aromatic carbocycles. The van der Waals surface area contributed by atoms with Crippen LogP contribution < -0.4 is 4.72 Å². The Hall–Kier alpha value is -2.34. The van der Waals surface area contributed by atoms with Crippen LogP contribution in [0, 0.1) is 27.7 Å². The quantitative estimate of drug-likeness (QED) is 0.898. The number of hydrogen-bond donors (Lipinski definition) is 2. The smallest absolute Gasteiger partial charge is 0.337 e. The van der Waals surface area contributed by atoms with Crippen LogP contribution in [0.4, 0.5) is 5.69 Å². The maximum atomic E-state index is 12.8. The summed E-state index contributed by atoms with van der Waals surface area (Å²) in [6.45, 7) is 7.02. The first-order valence-corrected chi connectivity index (χ1v) is 8.55. The van der Waals surface area contributed by atoms with Gasteiger partial charge in [0, 0.05) is 0 Å². The van der Waals surface area contributed by atoms with Crippen LogP contribution >= 0.6 is 0 Å². The van der Waals surface area contributed by atoms with Crippen LogP contribution in [0.5, 0.6) is 0 Å². The number of aryl methyl sites for hydroxylation is 4. The summed E-state index contributed by atoms with van der Waals surface area (Å²) < 4.78 is 28.0. The summed E-state index contributed by atoms with van der Waals surface area (Å²) in [6.07, 6.45) is 0. The van der Waals surface area contributed by atoms with Crippen LogP contribution in [0.25, 0.3) is 0 Å². The molecule has 0 aliphatic rings. The average Bonchev–Trinajstić information content (AvgIpc) is 2.38. The lowest BCUT2D eigenvalue weighted by molar-refractivity contribution is 0.0698. The molecular weight excluding hydrogens is 314 g/mol. The van der Waals surface area contributed by atoms with Gasteiger partial charge >= 0.3 is 5.97 Å². The summed E-state index contributed by atoms with van der Waals surface area (Å²) >= 11 is 0. The van der Waals surface area contributed by atoms with Crippen LogP contribution in [0.1, 0.15) is 32.6 Å². The number of sulfonamides is 1. The number of hydrogen-bond acceptors (Lipinski definition) is 3. The molecule has 0 amide bonds. The van der Waals surface area contributed by atoms with Crippen LogP contribution in [0.3, 0.4) is 0 Å². The highest BCUT2D eigenvalue weighted by Crippen LogP contribution is 2.27. The SMILES string of the molecule is Cc1cc(C)c(S(=O)(=O)Nc2c(C)cccc2C(=O)O)c(C)c1. The maximum absolute atomic E-state index is 12.8. The van der Waals surface area contributed by atoms with E-state index < -0.39 is 16.0 Å². The number of carboxylic acids is 1. The number of carboxylic acid groups (broad SMARTS) is 1. The van der Waals surface area contributed by atoms with Crippen molar-refractivity contribution in [3.05, 3.63) is 58.1 Å². The molecule has 0 aliphatic heterocycles. The topological polar surface area (TPSA) is 83.5 Å². The Morgan fingerprint density at radius 1 is 1.00 bits per heavy atom. The monoisotopic (exact) mass is 333 g/mol. The number of rotatable bonds is 4. The number of anilines is 1. The molecule has 0 unspecified atom stereocenters. The molecule has 5 nitrogen and oxygen atoms in total. The van der Waals surface area contributed by atoms with Crippen LogP contribution in [-0.4, -0.2) is 19.5 Å². The number of nitrogens with one attached hydrogen (secondary N) is 1. The zero-order chi connectivity index (χ0) is 17.4. The van der Waals surface area contributed by atoms with Gasteiger partial charge in [-0.1, -0.05) is 29.8 Å². The number of aromatic carboxylic acids is 1. The average molecular weight is 333 g/mol. The largest absolute Gasteiger partial charge is 0.478 e. The molecule has 0 saturated heterocycles. The summed E-state index contributed by atoms with van der Waals surface area (Å²) in [4.78, 5) is 11.5. The highest BCUT2D eigenvalue weighted by molar-refractivity contribution is 7.92. The third kappa shape index (κ3) is 3.37. The summed E-state index contributed by atoms with van der Waals surface area (Å²) in [5.74, 6) is -1.18. The molecule has 0 atom stereocenters. The van der Waals surface area contributed by atoms with E-state index in [1.807, 2.05) is 6.92 Å². The lowest BCUT2D eigenvalue weighted by atomic mass is 10.1. The molecule has 2 rings (SSSR count). The van der Waals surface area contributed by atoms with E-state index in [-0.39, 0.29) is 16.1 Å². The standard InChI is InChI=1S/C17H19NO4S/c1-10-8-12(3)16(13(4)9-10)23(21,22)18-15-11(2)6-5-7-14(15)17(19)20/h5-9,18H,1-4H3,(H,19,20). The van der Waals surface area contributed by atoms with E-state index in [4.69, 9.17) is 0 Å². The molecule has 0 aromatic heterocycles. The van der Waals surface area contributed by atoms with Crippen molar-refractivity contribution in [2.75, 3.05) is 4.72 Å². The van der Waals surface area contributed by atoms with Crippen molar-refractivity contribution >= 4 is 21.7 Å². The van der Waals surface area contributed by atoms with Crippen molar-refractivity contribution in [1.29, 1.82) is 0 Å². The highest BCUT2D eigenvalue weighted by atomic mass is 32.2. The van der Waals surface area contributed by atoms with Crippen LogP contribution in [-0.2, 0) is 10.0 Å². The van der Waals surface area contributed by atoms with E-state index in [2.05, 4.69) is 4.72 Å². The molecule has 0 radical (unpaired) electrons. The second-order valence-corrected chi connectivity index (χ2v) is 7.26. The minimum atomic E-state index is -3.88. The lowest BCUT2D eigenvalue weighted by Crippen LogP contribution is -2.18. The van der Waals surface area contributed by atoms with Gasteiger partial charge in [0.15, 0.2) is 0 Å². The molecule has 0 aliphatic carbocycles. The van der Waals surface area contributed by atoms with Crippen molar-refractivity contribution in [3.63, 3.8) is 0 Å². The summed E-state index contributed by atoms with van der Waals surface area (Å²) in [6, 6.07) is 8.20. The van der Waals surface area contributed by atoms with Crippen molar-refractivity contribution in [2.24, 2.45) is 0 Å². The van der Waals surface area contributed by atoms with Gasteiger partial charge in [0.2, 0.25) is 0 Å². The molecule has 23 heavy (non-hydrogen) atoms. The third-order valence-electron chi connectivity index (χ3n) is 3.61. The van der Waals surface area contributed by atoms with E-state index in [0.717, 1.165) is 5.56 Å². The Labute approximate surface area is 136 Å². The molecule has 0 heterocycles. The van der Waals surface area contributed by atoms with Gasteiger partial charge in [-0.05, 0) is 50.5 Å². The van der Waals surface area contributed by atoms with E-state index in [1.165, 1.54) is 6.07 Å². The van der Waals surface area contributed by atoms with Gasteiger partial charge in [-0.3, -0.25) is 4.72 Å². The maximum Gasteiger partial charge on any atom is 0.337 e. The Kier molecular flexibility index (Phi) is 4.47. The van der Waals surface area contributed by atoms with Gasteiger partial charge < -0.3 is 5.11 Å². The first-order valence-electron chi connectivity index (χ1n) is 7.07. The zero-order valence-corrected chi connectivity index (χ0v) is 14.3. The van der Waals surface area contributed by atoms with E-state index >= 15 is 0 Å². The fourth-order valence-electron chi connectivity index (χ4n) is 2.76. The Morgan fingerprint density at radius 3 is 2.09 bits per heavy atom. The van der Waals surface area contributed by atoms with Crippen LogP contribution in [0.2, 0.25) is 0 Å². The Bertz CT molecular complexity index is 862. The minimum absolute atomic E-state index is 0.0732. The molecule has 2 aromatic rings. The molecular formula is C17H19NO4S. The van der Waals surface area contributed by atoms with Crippen LogP contribution in [0.15, 0.2) is 35.2 Å². The first-order chi connectivity index (χ1) is 10.6. The van der Waals surface area contributed by atoms with Crippen molar-refractivity contribution in [3.8, 4) is 0 Å². The Balaban J connectivity index is 2.59. The van der Waals surface area contributed by atoms with Crippen molar-refractivity contribution in [1.82, 2.24) is 0 Å². The Morgan fingerprint density at radius 2 is 1.57 bits per heavy atom. The molecule has 6 heteroatoms. The van der Waals surface area contributed by atoms with Gasteiger partial charge in [-0.2, -0.15) is 0 Å².